The molecule has 0 unspecified atom stereocenters. The molecule has 0 bridgehead atoms. The molecule has 0 saturated carbocycles. The molecule has 8 heteroatoms. The van der Waals surface area contributed by atoms with Crippen molar-refractivity contribution in [1.29, 1.82) is 0 Å². The molecule has 4 heterocycles. The van der Waals surface area contributed by atoms with Crippen LogP contribution in [0.15, 0.2) is 60.8 Å². The third-order valence-electron chi connectivity index (χ3n) is 6.86. The molecule has 0 aliphatic carbocycles. The number of nitrogens with zero attached hydrogens (tertiary/aromatic N) is 3. The number of H-pyrrole nitrogens is 2. The minimum absolute atomic E-state index is 0.261. The molecule has 7 nitrogen and oxygen atoms in total. The molecule has 188 valence electrons. The lowest BCUT2D eigenvalue weighted by Gasteiger charge is -2.13. The van der Waals surface area contributed by atoms with E-state index in [0.717, 1.165) is 88.3 Å². The monoisotopic (exact) mass is 495 g/mol. The van der Waals surface area contributed by atoms with Crippen LogP contribution in [0.25, 0.3) is 49.9 Å². The van der Waals surface area contributed by atoms with Crippen molar-refractivity contribution in [2.45, 2.75) is 6.42 Å². The second-order valence-corrected chi connectivity index (χ2v) is 9.78. The van der Waals surface area contributed by atoms with Crippen LogP contribution in [0.2, 0.25) is 0 Å². The van der Waals surface area contributed by atoms with Gasteiger partial charge in [-0.3, -0.25) is 10.1 Å². The predicted molar refractivity (Wildman–Crippen MR) is 149 cm³/mol. The van der Waals surface area contributed by atoms with Crippen LogP contribution in [0.5, 0.6) is 0 Å². The molecular formula is C29H30FN7. The topological polar surface area (TPSA) is 84.7 Å². The Bertz CT molecular complexity index is 1610. The van der Waals surface area contributed by atoms with Crippen molar-refractivity contribution in [3.05, 3.63) is 72.3 Å². The Kier molecular flexibility index (Phi) is 6.20. The maximum absolute atomic E-state index is 14.6. The number of hydrogen-bond acceptors (Lipinski definition) is 5. The molecule has 0 atom stereocenters. The molecule has 2 aromatic carbocycles. The molecule has 37 heavy (non-hydrogen) atoms. The van der Waals surface area contributed by atoms with E-state index in [4.69, 9.17) is 0 Å². The maximum atomic E-state index is 14.6. The lowest BCUT2D eigenvalue weighted by atomic mass is 10.0. The highest BCUT2D eigenvalue weighted by Gasteiger charge is 2.16. The number of aromatic amines is 2. The highest BCUT2D eigenvalue weighted by molar-refractivity contribution is 6.01. The number of pyridine rings is 1. The van der Waals surface area contributed by atoms with Crippen LogP contribution in [0.1, 0.15) is 12.1 Å². The van der Waals surface area contributed by atoms with Crippen molar-refractivity contribution >= 4 is 33.1 Å². The van der Waals surface area contributed by atoms with Crippen molar-refractivity contribution < 1.29 is 4.39 Å². The third-order valence-corrected chi connectivity index (χ3v) is 6.86. The minimum Gasteiger partial charge on any atom is -0.384 e. The Morgan fingerprint density at radius 2 is 1.97 bits per heavy atom. The van der Waals surface area contributed by atoms with Crippen molar-refractivity contribution in [2.75, 3.05) is 45.6 Å². The summed E-state index contributed by atoms with van der Waals surface area (Å²) in [5.74, 6) is -0.261. The van der Waals surface area contributed by atoms with E-state index in [1.165, 1.54) is 5.57 Å². The zero-order chi connectivity index (χ0) is 25.4. The maximum Gasteiger partial charge on any atom is 0.125 e. The number of benzene rings is 2. The minimum atomic E-state index is -0.261. The lowest BCUT2D eigenvalue weighted by Crippen LogP contribution is -2.20. The standard InChI is InChI=1S/C29H30FN7/c1-37(2)11-10-32-21-13-19(12-20(30)14-21)22-4-3-5-25-23(22)15-27(34-25)29-24-16-26(18-6-8-31-9-7-18)33-17-28(24)35-36-29/h3-6,12-17,31-32,34H,7-11H2,1-2H3,(H,35,36). The van der Waals surface area contributed by atoms with E-state index >= 15 is 0 Å². The van der Waals surface area contributed by atoms with Crippen LogP contribution >= 0.6 is 0 Å². The molecule has 1 aliphatic heterocycles. The van der Waals surface area contributed by atoms with E-state index in [1.807, 2.05) is 44.6 Å². The summed E-state index contributed by atoms with van der Waals surface area (Å²) in [4.78, 5) is 10.3. The highest BCUT2D eigenvalue weighted by Crippen LogP contribution is 2.35. The Hall–Kier alpha value is -4.01. The lowest BCUT2D eigenvalue weighted by molar-refractivity contribution is 0.425. The quantitative estimate of drug-likeness (QED) is 0.247. The fraction of sp³-hybridized carbons (Fsp3) is 0.241. The second-order valence-electron chi connectivity index (χ2n) is 9.78. The molecular weight excluding hydrogens is 465 g/mol. The van der Waals surface area contributed by atoms with Gasteiger partial charge >= 0.3 is 0 Å². The van der Waals surface area contributed by atoms with Crippen LogP contribution in [-0.2, 0) is 0 Å². The number of hydrogen-bond donors (Lipinski definition) is 4. The van der Waals surface area contributed by atoms with E-state index in [0.29, 0.717) is 0 Å². The van der Waals surface area contributed by atoms with Crippen LogP contribution in [0.3, 0.4) is 0 Å². The van der Waals surface area contributed by atoms with Gasteiger partial charge in [-0.05, 0) is 80.2 Å². The van der Waals surface area contributed by atoms with Gasteiger partial charge < -0.3 is 20.5 Å². The first-order valence-corrected chi connectivity index (χ1v) is 12.6. The summed E-state index contributed by atoms with van der Waals surface area (Å²) < 4.78 is 14.6. The van der Waals surface area contributed by atoms with Crippen LogP contribution in [-0.4, -0.2) is 65.3 Å². The molecule has 0 spiro atoms. The Morgan fingerprint density at radius 3 is 2.81 bits per heavy atom. The van der Waals surface area contributed by atoms with Crippen molar-refractivity contribution in [1.82, 2.24) is 30.4 Å². The first kappa shape index (κ1) is 23.4. The molecule has 6 rings (SSSR count). The number of anilines is 1. The zero-order valence-corrected chi connectivity index (χ0v) is 21.0. The Morgan fingerprint density at radius 1 is 1.05 bits per heavy atom. The van der Waals surface area contributed by atoms with Gasteiger partial charge in [0.1, 0.15) is 11.5 Å². The van der Waals surface area contributed by atoms with E-state index in [2.05, 4.69) is 53.9 Å². The number of fused-ring (bicyclic) bond motifs is 2. The average Bonchev–Trinajstić information content (AvgIpc) is 3.52. The fourth-order valence-electron chi connectivity index (χ4n) is 4.96. The van der Waals surface area contributed by atoms with Gasteiger partial charge in [0, 0.05) is 41.6 Å². The van der Waals surface area contributed by atoms with Crippen LogP contribution in [0, 0.1) is 5.82 Å². The van der Waals surface area contributed by atoms with Crippen LogP contribution < -0.4 is 10.6 Å². The number of rotatable bonds is 7. The highest BCUT2D eigenvalue weighted by atomic mass is 19.1. The summed E-state index contributed by atoms with van der Waals surface area (Å²) in [6.45, 7) is 3.43. The molecule has 0 radical (unpaired) electrons. The van der Waals surface area contributed by atoms with Crippen molar-refractivity contribution in [2.24, 2.45) is 0 Å². The normalized spacial score (nSPS) is 14.0. The van der Waals surface area contributed by atoms with Gasteiger partial charge in [0.05, 0.1) is 23.1 Å². The Balaban J connectivity index is 1.39. The summed E-state index contributed by atoms with van der Waals surface area (Å²) in [7, 11) is 4.04. The number of halogens is 1. The zero-order valence-electron chi connectivity index (χ0n) is 21.0. The predicted octanol–water partition coefficient (Wildman–Crippen LogP) is 5.26. The summed E-state index contributed by atoms with van der Waals surface area (Å²) in [6, 6.07) is 15.4. The number of likely N-dealkylation sites (N-methyl/N-ethyl adjacent to an activating group) is 1. The van der Waals surface area contributed by atoms with Crippen molar-refractivity contribution in [3.63, 3.8) is 0 Å². The van der Waals surface area contributed by atoms with E-state index in [9.17, 15) is 4.39 Å². The fourth-order valence-corrected chi connectivity index (χ4v) is 4.96. The SMILES string of the molecule is CN(C)CCNc1cc(F)cc(-c2cccc3[nH]c(-c4n[nH]c5cnc(C6=CCNCC6)cc45)cc23)c1. The van der Waals surface area contributed by atoms with Gasteiger partial charge in [-0.2, -0.15) is 5.10 Å². The first-order valence-electron chi connectivity index (χ1n) is 12.6. The summed E-state index contributed by atoms with van der Waals surface area (Å²) in [5.41, 5.74) is 8.45. The molecule has 4 N–H and O–H groups in total. The second kappa shape index (κ2) is 9.80. The van der Waals surface area contributed by atoms with Crippen molar-refractivity contribution in [3.8, 4) is 22.5 Å². The molecule has 3 aromatic heterocycles. The number of aromatic nitrogens is 4. The van der Waals surface area contributed by atoms with Crippen LogP contribution in [0.4, 0.5) is 10.1 Å². The average molecular weight is 496 g/mol. The molecule has 0 saturated heterocycles. The van der Waals surface area contributed by atoms with E-state index in [-0.39, 0.29) is 5.82 Å². The van der Waals surface area contributed by atoms with Gasteiger partial charge in [0.2, 0.25) is 0 Å². The summed E-state index contributed by atoms with van der Waals surface area (Å²) in [5, 5.41) is 16.5. The van der Waals surface area contributed by atoms with E-state index < -0.39 is 0 Å². The van der Waals surface area contributed by atoms with E-state index in [1.54, 1.807) is 12.1 Å². The van der Waals surface area contributed by atoms with Gasteiger partial charge in [0.25, 0.3) is 0 Å². The largest absolute Gasteiger partial charge is 0.384 e. The smallest absolute Gasteiger partial charge is 0.125 e. The molecule has 0 fully saturated rings. The van der Waals surface area contributed by atoms with Gasteiger partial charge in [-0.25, -0.2) is 4.39 Å². The summed E-state index contributed by atoms with van der Waals surface area (Å²) >= 11 is 0. The first-order chi connectivity index (χ1) is 18.0. The number of nitrogens with one attached hydrogen (secondary N) is 4. The molecule has 1 aliphatic rings. The van der Waals surface area contributed by atoms with Gasteiger partial charge in [-0.15, -0.1) is 0 Å². The van der Waals surface area contributed by atoms with Gasteiger partial charge in [0.15, 0.2) is 0 Å². The Labute approximate surface area is 214 Å². The third kappa shape index (κ3) is 4.73. The van der Waals surface area contributed by atoms with Gasteiger partial charge in [-0.1, -0.05) is 18.2 Å². The molecule has 5 aromatic rings. The molecule has 0 amide bonds. The summed E-state index contributed by atoms with van der Waals surface area (Å²) in [6.07, 6.45) is 5.02.